The highest BCUT2D eigenvalue weighted by atomic mass is 79.9. The van der Waals surface area contributed by atoms with E-state index in [-0.39, 0.29) is 21.4 Å². The van der Waals surface area contributed by atoms with Gasteiger partial charge in [0.15, 0.2) is 0 Å². The molecule has 0 unspecified atom stereocenters. The van der Waals surface area contributed by atoms with E-state index in [9.17, 15) is 13.2 Å². The normalized spacial score (nSPS) is 11.2. The van der Waals surface area contributed by atoms with E-state index in [4.69, 9.17) is 21.1 Å². The van der Waals surface area contributed by atoms with Gasteiger partial charge in [0, 0.05) is 10.2 Å². The third-order valence-electron chi connectivity index (χ3n) is 5.36. The highest BCUT2D eigenvalue weighted by Gasteiger charge is 2.31. The van der Waals surface area contributed by atoms with Crippen molar-refractivity contribution in [2.45, 2.75) is 25.7 Å². The Morgan fingerprint density at radius 2 is 1.57 bits per heavy atom. The van der Waals surface area contributed by atoms with Crippen molar-refractivity contribution in [2.24, 2.45) is 0 Å². The highest BCUT2D eigenvalue weighted by molar-refractivity contribution is 9.10. The standard InChI is InChI=1S/C25H26BrClN2O5S/c1-15-6-8-22(34-5)23(10-15)35(31,32)29(19-7-9-21(33-4)20(27)13-19)14-24(30)28-25-16(2)11-18(26)12-17(25)3/h6-13H,14H2,1-5H3,(H,28,30). The Morgan fingerprint density at radius 3 is 2.14 bits per heavy atom. The first kappa shape index (κ1) is 26.8. The third-order valence-corrected chi connectivity index (χ3v) is 7.91. The molecule has 0 saturated carbocycles. The topological polar surface area (TPSA) is 84.9 Å². The Kier molecular flexibility index (Phi) is 8.35. The number of methoxy groups -OCH3 is 2. The summed E-state index contributed by atoms with van der Waals surface area (Å²) < 4.78 is 40.2. The van der Waals surface area contributed by atoms with Crippen LogP contribution < -0.4 is 19.1 Å². The summed E-state index contributed by atoms with van der Waals surface area (Å²) in [5.74, 6) is 0.0346. The van der Waals surface area contributed by atoms with Gasteiger partial charge in [0.05, 0.1) is 24.9 Å². The van der Waals surface area contributed by atoms with Gasteiger partial charge in [0.2, 0.25) is 5.91 Å². The van der Waals surface area contributed by atoms with Crippen molar-refractivity contribution < 1.29 is 22.7 Å². The van der Waals surface area contributed by atoms with Crippen molar-refractivity contribution >= 4 is 54.8 Å². The molecule has 1 N–H and O–H groups in total. The number of aryl methyl sites for hydroxylation is 3. The molecule has 3 rings (SSSR count). The number of sulfonamides is 1. The summed E-state index contributed by atoms with van der Waals surface area (Å²) in [5, 5.41) is 3.06. The van der Waals surface area contributed by atoms with Crippen molar-refractivity contribution in [2.75, 3.05) is 30.4 Å². The van der Waals surface area contributed by atoms with E-state index < -0.39 is 22.5 Å². The third kappa shape index (κ3) is 5.91. The molecule has 186 valence electrons. The smallest absolute Gasteiger partial charge is 0.268 e. The highest BCUT2D eigenvalue weighted by Crippen LogP contribution is 2.35. The Labute approximate surface area is 219 Å². The number of hydrogen-bond acceptors (Lipinski definition) is 5. The second-order valence-corrected chi connectivity index (χ2v) is 11.1. The number of nitrogens with one attached hydrogen (secondary N) is 1. The second-order valence-electron chi connectivity index (χ2n) is 7.95. The summed E-state index contributed by atoms with van der Waals surface area (Å²) in [5.41, 5.74) is 3.23. The Bertz CT molecular complexity index is 1360. The minimum atomic E-state index is -4.23. The van der Waals surface area contributed by atoms with Crippen LogP contribution in [-0.2, 0) is 14.8 Å². The van der Waals surface area contributed by atoms with Gasteiger partial charge in [0.25, 0.3) is 10.0 Å². The largest absolute Gasteiger partial charge is 0.495 e. The molecule has 0 heterocycles. The average molecular weight is 582 g/mol. The van der Waals surface area contributed by atoms with Crippen LogP contribution in [0.1, 0.15) is 16.7 Å². The number of carbonyl (C=O) groups is 1. The summed E-state index contributed by atoms with van der Waals surface area (Å²) in [6.07, 6.45) is 0. The van der Waals surface area contributed by atoms with Gasteiger partial charge < -0.3 is 14.8 Å². The lowest BCUT2D eigenvalue weighted by atomic mass is 10.1. The zero-order valence-corrected chi connectivity index (χ0v) is 23.1. The first-order valence-electron chi connectivity index (χ1n) is 10.6. The number of nitrogens with zero attached hydrogens (tertiary/aromatic N) is 1. The van der Waals surface area contributed by atoms with Crippen LogP contribution in [0.5, 0.6) is 11.5 Å². The first-order valence-corrected chi connectivity index (χ1v) is 13.2. The van der Waals surface area contributed by atoms with E-state index in [1.807, 2.05) is 26.0 Å². The van der Waals surface area contributed by atoms with Crippen molar-refractivity contribution in [3.63, 3.8) is 0 Å². The molecule has 35 heavy (non-hydrogen) atoms. The number of rotatable bonds is 8. The fraction of sp³-hybridized carbons (Fsp3) is 0.240. The maximum absolute atomic E-state index is 13.9. The minimum Gasteiger partial charge on any atom is -0.495 e. The fourth-order valence-electron chi connectivity index (χ4n) is 3.65. The molecule has 1 amide bonds. The minimum absolute atomic E-state index is 0.0595. The predicted molar refractivity (Wildman–Crippen MR) is 143 cm³/mol. The van der Waals surface area contributed by atoms with E-state index >= 15 is 0 Å². The number of hydrogen-bond donors (Lipinski definition) is 1. The molecule has 0 aromatic heterocycles. The van der Waals surface area contributed by atoms with E-state index in [1.54, 1.807) is 25.1 Å². The van der Waals surface area contributed by atoms with E-state index in [1.165, 1.54) is 32.4 Å². The molecule has 0 fully saturated rings. The van der Waals surface area contributed by atoms with Crippen molar-refractivity contribution in [3.05, 3.63) is 74.7 Å². The molecule has 0 spiro atoms. The lowest BCUT2D eigenvalue weighted by Gasteiger charge is -2.26. The number of benzene rings is 3. The number of halogens is 2. The van der Waals surface area contributed by atoms with Crippen LogP contribution in [0, 0.1) is 20.8 Å². The average Bonchev–Trinajstić information content (AvgIpc) is 2.79. The molecule has 3 aromatic rings. The molecule has 0 saturated heterocycles. The number of ether oxygens (including phenoxy) is 2. The lowest BCUT2D eigenvalue weighted by Crippen LogP contribution is -2.38. The monoisotopic (exact) mass is 580 g/mol. The van der Waals surface area contributed by atoms with Crippen LogP contribution in [0.2, 0.25) is 5.02 Å². The summed E-state index contributed by atoms with van der Waals surface area (Å²) >= 11 is 9.74. The molecule has 0 aliphatic rings. The molecule has 10 heteroatoms. The molecule has 7 nitrogen and oxygen atoms in total. The molecule has 0 atom stereocenters. The van der Waals surface area contributed by atoms with Crippen LogP contribution in [0.25, 0.3) is 0 Å². The van der Waals surface area contributed by atoms with E-state index in [2.05, 4.69) is 21.2 Å². The molecular formula is C25H26BrClN2O5S. The number of anilines is 2. The Morgan fingerprint density at radius 1 is 0.971 bits per heavy atom. The van der Waals surface area contributed by atoms with Crippen LogP contribution in [0.3, 0.4) is 0 Å². The van der Waals surface area contributed by atoms with Gasteiger partial charge in [-0.1, -0.05) is 33.6 Å². The van der Waals surface area contributed by atoms with Crippen LogP contribution in [-0.4, -0.2) is 35.1 Å². The molecule has 0 radical (unpaired) electrons. The maximum Gasteiger partial charge on any atom is 0.268 e. The zero-order chi connectivity index (χ0) is 25.9. The van der Waals surface area contributed by atoms with Gasteiger partial charge in [-0.2, -0.15) is 0 Å². The SMILES string of the molecule is COc1ccc(N(CC(=O)Nc2c(C)cc(Br)cc2C)S(=O)(=O)c2cc(C)ccc2OC)cc1Cl. The summed E-state index contributed by atoms with van der Waals surface area (Å²) in [7, 11) is -1.37. The number of carbonyl (C=O) groups excluding carboxylic acids is 1. The van der Waals surface area contributed by atoms with Crippen molar-refractivity contribution in [1.29, 1.82) is 0 Å². The maximum atomic E-state index is 13.9. The van der Waals surface area contributed by atoms with Crippen molar-refractivity contribution in [3.8, 4) is 11.5 Å². The quantitative estimate of drug-likeness (QED) is 0.359. The predicted octanol–water partition coefficient (Wildman–Crippen LogP) is 5.88. The van der Waals surface area contributed by atoms with Crippen LogP contribution >= 0.6 is 27.5 Å². The van der Waals surface area contributed by atoms with Gasteiger partial charge in [-0.25, -0.2) is 8.42 Å². The van der Waals surface area contributed by atoms with Gasteiger partial charge in [-0.3, -0.25) is 9.10 Å². The van der Waals surface area contributed by atoms with E-state index in [0.29, 0.717) is 11.4 Å². The van der Waals surface area contributed by atoms with Gasteiger partial charge in [0.1, 0.15) is 22.9 Å². The van der Waals surface area contributed by atoms with Crippen molar-refractivity contribution in [1.82, 2.24) is 0 Å². The molecule has 0 bridgehead atoms. The number of amides is 1. The lowest BCUT2D eigenvalue weighted by molar-refractivity contribution is -0.114. The molecule has 3 aromatic carbocycles. The Hall–Kier alpha value is -2.75. The van der Waals surface area contributed by atoms with E-state index in [0.717, 1.165) is 25.5 Å². The molecule has 0 aliphatic heterocycles. The summed E-state index contributed by atoms with van der Waals surface area (Å²) in [6, 6.07) is 13.1. The second kappa shape index (κ2) is 10.9. The first-order chi connectivity index (χ1) is 16.5. The molecular weight excluding hydrogens is 556 g/mol. The zero-order valence-electron chi connectivity index (χ0n) is 20.0. The van der Waals surface area contributed by atoms with Gasteiger partial charge >= 0.3 is 0 Å². The van der Waals surface area contributed by atoms with Crippen LogP contribution in [0.4, 0.5) is 11.4 Å². The molecule has 0 aliphatic carbocycles. The van der Waals surface area contributed by atoms with Crippen LogP contribution in [0.15, 0.2) is 57.9 Å². The summed E-state index contributed by atoms with van der Waals surface area (Å²) in [6.45, 7) is 5.02. The van der Waals surface area contributed by atoms with Gasteiger partial charge in [-0.15, -0.1) is 0 Å². The summed E-state index contributed by atoms with van der Waals surface area (Å²) in [4.78, 5) is 13.1. The van der Waals surface area contributed by atoms with Gasteiger partial charge in [-0.05, 0) is 79.9 Å². The Balaban J connectivity index is 2.08. The fourth-order valence-corrected chi connectivity index (χ4v) is 6.24.